The first kappa shape index (κ1) is 15.8. The van der Waals surface area contributed by atoms with Gasteiger partial charge in [0.2, 0.25) is 15.9 Å². The second kappa shape index (κ2) is 6.05. The minimum atomic E-state index is -3.34. The maximum Gasteiger partial charge on any atom is 0.229 e. The van der Waals surface area contributed by atoms with Crippen LogP contribution < -0.4 is 4.72 Å². The largest absolute Gasteiger partial charge is 0.475 e. The van der Waals surface area contributed by atoms with Gasteiger partial charge in [0.25, 0.3) is 0 Å². The topological polar surface area (TPSA) is 67.8 Å². The van der Waals surface area contributed by atoms with Gasteiger partial charge in [0.05, 0.1) is 23.5 Å². The molecule has 0 radical (unpaired) electrons. The van der Waals surface area contributed by atoms with E-state index in [0.29, 0.717) is 29.7 Å². The molecule has 1 aromatic rings. The number of benzene rings is 1. The molecule has 1 N–H and O–H groups in total. The number of aliphatic imine (C=N–C) groups is 1. The highest BCUT2D eigenvalue weighted by Crippen LogP contribution is 2.26. The van der Waals surface area contributed by atoms with Crippen molar-refractivity contribution in [3.05, 3.63) is 29.3 Å². The Balaban J connectivity index is 2.34. The number of para-hydroxylation sites is 1. The Labute approximate surface area is 126 Å². The van der Waals surface area contributed by atoms with Gasteiger partial charge in [-0.2, -0.15) is 0 Å². The number of nitrogens with one attached hydrogen (secondary N) is 1. The smallest absolute Gasteiger partial charge is 0.229 e. The summed E-state index contributed by atoms with van der Waals surface area (Å²) in [4.78, 5) is 4.59. The average molecular weight is 310 g/mol. The van der Waals surface area contributed by atoms with Crippen LogP contribution in [-0.4, -0.2) is 33.2 Å². The summed E-state index contributed by atoms with van der Waals surface area (Å²) < 4.78 is 31.3. The summed E-state index contributed by atoms with van der Waals surface area (Å²) >= 11 is 0. The molecular weight excluding hydrogens is 288 g/mol. The molecule has 21 heavy (non-hydrogen) atoms. The highest BCUT2D eigenvalue weighted by atomic mass is 32.2. The number of ether oxygens (including phenoxy) is 1. The van der Waals surface area contributed by atoms with E-state index in [4.69, 9.17) is 4.74 Å². The fourth-order valence-corrected chi connectivity index (χ4v) is 3.04. The molecule has 0 saturated carbocycles. The van der Waals surface area contributed by atoms with Gasteiger partial charge in [-0.15, -0.1) is 0 Å². The van der Waals surface area contributed by atoms with Gasteiger partial charge in [-0.3, -0.25) is 4.72 Å². The zero-order chi connectivity index (χ0) is 15.6. The van der Waals surface area contributed by atoms with Crippen LogP contribution in [0.2, 0.25) is 0 Å². The third-order valence-electron chi connectivity index (χ3n) is 3.25. The van der Waals surface area contributed by atoms with Crippen molar-refractivity contribution in [2.45, 2.75) is 33.2 Å². The van der Waals surface area contributed by atoms with Gasteiger partial charge < -0.3 is 4.74 Å². The molecule has 0 spiro atoms. The Morgan fingerprint density at radius 2 is 2.14 bits per heavy atom. The standard InChI is InChI=1S/C15H22N2O3S/c1-10(2)8-12-9-20-15(16-12)13-7-5-6-11(3)14(13)17-21(4,18)19/h5-7,10,12,17H,8-9H2,1-4H3/t12-/m1/s1. The minimum absolute atomic E-state index is 0.145. The first-order chi connectivity index (χ1) is 9.76. The molecule has 2 rings (SSSR count). The van der Waals surface area contributed by atoms with E-state index >= 15 is 0 Å². The van der Waals surface area contributed by atoms with Crippen LogP contribution in [0.5, 0.6) is 0 Å². The molecule has 1 aliphatic rings. The number of aryl methyl sites for hydroxylation is 1. The molecule has 1 aliphatic heterocycles. The molecule has 6 heteroatoms. The normalized spacial score (nSPS) is 18.5. The maximum absolute atomic E-state index is 11.5. The van der Waals surface area contributed by atoms with Crippen LogP contribution in [0.1, 0.15) is 31.4 Å². The number of rotatable bonds is 5. The lowest BCUT2D eigenvalue weighted by Gasteiger charge is -2.13. The Bertz CT molecular complexity index is 651. The monoisotopic (exact) mass is 310 g/mol. The van der Waals surface area contributed by atoms with Crippen molar-refractivity contribution in [3.63, 3.8) is 0 Å². The summed E-state index contributed by atoms with van der Waals surface area (Å²) in [5.41, 5.74) is 2.09. The predicted molar refractivity (Wildman–Crippen MR) is 85.4 cm³/mol. The summed E-state index contributed by atoms with van der Waals surface area (Å²) in [6, 6.07) is 5.71. The van der Waals surface area contributed by atoms with Crippen LogP contribution >= 0.6 is 0 Å². The highest BCUT2D eigenvalue weighted by molar-refractivity contribution is 7.92. The van der Waals surface area contributed by atoms with E-state index < -0.39 is 10.0 Å². The van der Waals surface area contributed by atoms with Crippen molar-refractivity contribution in [2.24, 2.45) is 10.9 Å². The van der Waals surface area contributed by atoms with Crippen LogP contribution in [0.25, 0.3) is 0 Å². The zero-order valence-corrected chi connectivity index (χ0v) is 13.7. The molecule has 116 valence electrons. The second-order valence-corrected chi connectivity index (χ2v) is 7.65. The van der Waals surface area contributed by atoms with Crippen molar-refractivity contribution in [3.8, 4) is 0 Å². The Hall–Kier alpha value is -1.56. The number of anilines is 1. The van der Waals surface area contributed by atoms with E-state index in [0.717, 1.165) is 18.2 Å². The molecule has 0 bridgehead atoms. The van der Waals surface area contributed by atoms with E-state index in [1.807, 2.05) is 25.1 Å². The zero-order valence-electron chi connectivity index (χ0n) is 12.9. The van der Waals surface area contributed by atoms with E-state index in [-0.39, 0.29) is 6.04 Å². The second-order valence-electron chi connectivity index (χ2n) is 5.90. The average Bonchev–Trinajstić information content (AvgIpc) is 2.77. The molecule has 1 atom stereocenters. The van der Waals surface area contributed by atoms with Gasteiger partial charge in [0.15, 0.2) is 0 Å². The van der Waals surface area contributed by atoms with Gasteiger partial charge >= 0.3 is 0 Å². The maximum atomic E-state index is 11.5. The van der Waals surface area contributed by atoms with Gasteiger partial charge in [0.1, 0.15) is 6.61 Å². The quantitative estimate of drug-likeness (QED) is 0.909. The van der Waals surface area contributed by atoms with Gasteiger partial charge in [-0.05, 0) is 30.9 Å². The fraction of sp³-hybridized carbons (Fsp3) is 0.533. The summed E-state index contributed by atoms with van der Waals surface area (Å²) in [6.07, 6.45) is 2.10. The van der Waals surface area contributed by atoms with E-state index in [1.54, 1.807) is 0 Å². The first-order valence-corrected chi connectivity index (χ1v) is 8.94. The number of sulfonamides is 1. The lowest BCUT2D eigenvalue weighted by molar-refractivity contribution is 0.301. The van der Waals surface area contributed by atoms with Crippen LogP contribution in [0.4, 0.5) is 5.69 Å². The Kier molecular flexibility index (Phi) is 4.56. The number of hydrogen-bond acceptors (Lipinski definition) is 4. The third kappa shape index (κ3) is 4.20. The van der Waals surface area contributed by atoms with Crippen molar-refractivity contribution in [1.29, 1.82) is 0 Å². The van der Waals surface area contributed by atoms with Crippen LogP contribution in [-0.2, 0) is 14.8 Å². The summed E-state index contributed by atoms with van der Waals surface area (Å²) in [6.45, 7) is 6.71. The van der Waals surface area contributed by atoms with Crippen LogP contribution in [0.3, 0.4) is 0 Å². The van der Waals surface area contributed by atoms with Crippen LogP contribution in [0, 0.1) is 12.8 Å². The molecule has 1 heterocycles. The summed E-state index contributed by atoms with van der Waals surface area (Å²) in [7, 11) is -3.34. The van der Waals surface area contributed by atoms with E-state index in [9.17, 15) is 8.42 Å². The Morgan fingerprint density at radius 1 is 1.43 bits per heavy atom. The van der Waals surface area contributed by atoms with Crippen molar-refractivity contribution in [2.75, 3.05) is 17.6 Å². The fourth-order valence-electron chi connectivity index (χ4n) is 2.39. The highest BCUT2D eigenvalue weighted by Gasteiger charge is 2.24. The predicted octanol–water partition coefficient (Wildman–Crippen LogP) is 2.56. The van der Waals surface area contributed by atoms with Gasteiger partial charge in [-0.25, -0.2) is 13.4 Å². The van der Waals surface area contributed by atoms with Gasteiger partial charge in [0, 0.05) is 0 Å². The molecule has 0 amide bonds. The summed E-state index contributed by atoms with van der Waals surface area (Å²) in [5.74, 6) is 1.07. The molecule has 0 unspecified atom stereocenters. The molecule has 0 saturated heterocycles. The lowest BCUT2D eigenvalue weighted by Crippen LogP contribution is -2.15. The number of hydrogen-bond donors (Lipinski definition) is 1. The van der Waals surface area contributed by atoms with Crippen molar-refractivity contribution >= 4 is 21.6 Å². The number of nitrogens with zero attached hydrogens (tertiary/aromatic N) is 1. The molecule has 0 aromatic heterocycles. The van der Waals surface area contributed by atoms with Crippen LogP contribution in [0.15, 0.2) is 23.2 Å². The Morgan fingerprint density at radius 3 is 2.76 bits per heavy atom. The molecule has 5 nitrogen and oxygen atoms in total. The SMILES string of the molecule is Cc1cccc(C2=N[C@H](CC(C)C)CO2)c1NS(C)(=O)=O. The molecular formula is C15H22N2O3S. The van der Waals surface area contributed by atoms with Crippen molar-refractivity contribution in [1.82, 2.24) is 0 Å². The molecule has 0 fully saturated rings. The minimum Gasteiger partial charge on any atom is -0.475 e. The third-order valence-corrected chi connectivity index (χ3v) is 3.82. The lowest BCUT2D eigenvalue weighted by atomic mass is 10.1. The molecule has 1 aromatic carbocycles. The molecule has 0 aliphatic carbocycles. The van der Waals surface area contributed by atoms with Crippen molar-refractivity contribution < 1.29 is 13.2 Å². The summed E-state index contributed by atoms with van der Waals surface area (Å²) in [5, 5.41) is 0. The first-order valence-electron chi connectivity index (χ1n) is 7.04. The van der Waals surface area contributed by atoms with E-state index in [2.05, 4.69) is 23.6 Å². The van der Waals surface area contributed by atoms with E-state index in [1.165, 1.54) is 0 Å². The van der Waals surface area contributed by atoms with Gasteiger partial charge in [-0.1, -0.05) is 26.0 Å².